The van der Waals surface area contributed by atoms with Crippen LogP contribution in [0.15, 0.2) is 6.07 Å². The lowest BCUT2D eigenvalue weighted by molar-refractivity contribution is -0.127. The summed E-state index contributed by atoms with van der Waals surface area (Å²) in [5.74, 6) is -0.506. The summed E-state index contributed by atoms with van der Waals surface area (Å²) >= 11 is 0. The second-order valence-corrected chi connectivity index (χ2v) is 6.39. The van der Waals surface area contributed by atoms with Crippen molar-refractivity contribution in [3.8, 4) is 0 Å². The Morgan fingerprint density at radius 1 is 1.30 bits per heavy atom. The molecular formula is C17H25N3O3. The van der Waals surface area contributed by atoms with Gasteiger partial charge in [-0.05, 0) is 40.2 Å². The molecule has 0 bridgehead atoms. The number of amides is 3. The number of aromatic nitrogens is 1. The number of imide groups is 1. The van der Waals surface area contributed by atoms with E-state index in [9.17, 15) is 14.4 Å². The Hall–Kier alpha value is -2.11. The van der Waals surface area contributed by atoms with Gasteiger partial charge in [-0.2, -0.15) is 0 Å². The van der Waals surface area contributed by atoms with Crippen LogP contribution in [-0.2, 0) is 4.79 Å². The van der Waals surface area contributed by atoms with Gasteiger partial charge in [0, 0.05) is 23.0 Å². The SMILES string of the molecule is CCCC1NC(=O)N(CC(=O)c2cc(C)n(C(C)C)c2C)C1=O. The highest BCUT2D eigenvalue weighted by molar-refractivity contribution is 6.09. The average molecular weight is 319 g/mol. The lowest BCUT2D eigenvalue weighted by Crippen LogP contribution is -2.36. The minimum absolute atomic E-state index is 0.201. The predicted molar refractivity (Wildman–Crippen MR) is 87.6 cm³/mol. The Morgan fingerprint density at radius 3 is 2.48 bits per heavy atom. The van der Waals surface area contributed by atoms with E-state index in [0.717, 1.165) is 22.7 Å². The third-order valence-electron chi connectivity index (χ3n) is 4.29. The lowest BCUT2D eigenvalue weighted by atomic mass is 10.1. The fourth-order valence-corrected chi connectivity index (χ4v) is 3.29. The number of ketones is 1. The first-order valence-corrected chi connectivity index (χ1v) is 8.11. The van der Waals surface area contributed by atoms with Gasteiger partial charge in [-0.3, -0.25) is 14.5 Å². The first-order chi connectivity index (χ1) is 10.8. The number of carbonyl (C=O) groups excluding carboxylic acids is 3. The van der Waals surface area contributed by atoms with Crippen molar-refractivity contribution < 1.29 is 14.4 Å². The molecule has 0 spiro atoms. The largest absolute Gasteiger partial charge is 0.346 e. The molecule has 1 saturated heterocycles. The van der Waals surface area contributed by atoms with Gasteiger partial charge in [0.1, 0.15) is 6.04 Å². The van der Waals surface area contributed by atoms with Crippen LogP contribution in [0.2, 0.25) is 0 Å². The van der Waals surface area contributed by atoms with Crippen molar-refractivity contribution >= 4 is 17.7 Å². The molecule has 0 aliphatic carbocycles. The van der Waals surface area contributed by atoms with E-state index in [1.165, 1.54) is 0 Å². The van der Waals surface area contributed by atoms with Crippen molar-refractivity contribution in [3.63, 3.8) is 0 Å². The highest BCUT2D eigenvalue weighted by Crippen LogP contribution is 2.21. The third kappa shape index (κ3) is 3.16. The van der Waals surface area contributed by atoms with Crippen molar-refractivity contribution in [2.45, 2.75) is 59.5 Å². The van der Waals surface area contributed by atoms with E-state index in [-0.39, 0.29) is 24.3 Å². The summed E-state index contributed by atoms with van der Waals surface area (Å²) in [6, 6.07) is 1.12. The Kier molecular flexibility index (Phi) is 4.92. The Labute approximate surface area is 136 Å². The van der Waals surface area contributed by atoms with Crippen LogP contribution in [0.4, 0.5) is 4.79 Å². The molecule has 126 valence electrons. The molecule has 1 atom stereocenters. The van der Waals surface area contributed by atoms with Crippen LogP contribution >= 0.6 is 0 Å². The molecular weight excluding hydrogens is 294 g/mol. The number of aryl methyl sites for hydroxylation is 1. The van der Waals surface area contributed by atoms with Crippen LogP contribution in [0.3, 0.4) is 0 Å². The van der Waals surface area contributed by atoms with Crippen LogP contribution in [0.5, 0.6) is 0 Å². The number of hydrogen-bond acceptors (Lipinski definition) is 3. The van der Waals surface area contributed by atoms with Gasteiger partial charge < -0.3 is 9.88 Å². The minimum Gasteiger partial charge on any atom is -0.346 e. The maximum Gasteiger partial charge on any atom is 0.325 e. The van der Waals surface area contributed by atoms with Gasteiger partial charge in [0.25, 0.3) is 5.91 Å². The number of hydrogen-bond donors (Lipinski definition) is 1. The molecule has 23 heavy (non-hydrogen) atoms. The summed E-state index contributed by atoms with van der Waals surface area (Å²) in [5.41, 5.74) is 2.46. The molecule has 1 fully saturated rings. The fraction of sp³-hybridized carbons (Fsp3) is 0.588. The number of carbonyl (C=O) groups is 3. The first kappa shape index (κ1) is 17.2. The number of urea groups is 1. The number of Topliss-reactive ketones (excluding diaryl/α,β-unsaturated/α-hetero) is 1. The van der Waals surface area contributed by atoms with E-state index in [0.29, 0.717) is 12.0 Å². The molecule has 1 unspecified atom stereocenters. The topological polar surface area (TPSA) is 71.4 Å². The Morgan fingerprint density at radius 2 is 1.96 bits per heavy atom. The maximum atomic E-state index is 12.6. The summed E-state index contributed by atoms with van der Waals surface area (Å²) in [5, 5.41) is 2.64. The molecule has 0 saturated carbocycles. The average Bonchev–Trinajstić information content (AvgIpc) is 2.90. The van der Waals surface area contributed by atoms with Crippen LogP contribution in [-0.4, -0.2) is 39.8 Å². The summed E-state index contributed by atoms with van der Waals surface area (Å²) in [7, 11) is 0. The zero-order valence-corrected chi connectivity index (χ0v) is 14.5. The van der Waals surface area contributed by atoms with Gasteiger partial charge in [0.15, 0.2) is 5.78 Å². The van der Waals surface area contributed by atoms with E-state index in [2.05, 4.69) is 23.7 Å². The summed E-state index contributed by atoms with van der Waals surface area (Å²) in [4.78, 5) is 37.8. The van der Waals surface area contributed by atoms with E-state index >= 15 is 0 Å². The molecule has 6 heteroatoms. The monoisotopic (exact) mass is 319 g/mol. The van der Waals surface area contributed by atoms with Gasteiger partial charge in [-0.25, -0.2) is 4.79 Å². The van der Waals surface area contributed by atoms with Gasteiger partial charge in [-0.1, -0.05) is 13.3 Å². The standard InChI is InChI=1S/C17H25N3O3/c1-6-7-14-16(22)19(17(23)18-14)9-15(21)13-8-11(4)20(10(2)3)12(13)5/h8,10,14H,6-7,9H2,1-5H3,(H,18,23). The quantitative estimate of drug-likeness (QED) is 0.647. The van der Waals surface area contributed by atoms with Crippen LogP contribution < -0.4 is 5.32 Å². The fourth-order valence-electron chi connectivity index (χ4n) is 3.29. The zero-order valence-electron chi connectivity index (χ0n) is 14.5. The van der Waals surface area contributed by atoms with Crippen molar-refractivity contribution in [2.24, 2.45) is 0 Å². The molecule has 3 amide bonds. The number of nitrogens with one attached hydrogen (secondary N) is 1. The summed E-state index contributed by atoms with van der Waals surface area (Å²) in [6.07, 6.45) is 1.39. The highest BCUT2D eigenvalue weighted by atomic mass is 16.2. The van der Waals surface area contributed by atoms with Crippen LogP contribution in [0.25, 0.3) is 0 Å². The lowest BCUT2D eigenvalue weighted by Gasteiger charge is -2.14. The second-order valence-electron chi connectivity index (χ2n) is 6.39. The smallest absolute Gasteiger partial charge is 0.325 e. The normalized spacial score (nSPS) is 18.0. The Bertz CT molecular complexity index is 646. The van der Waals surface area contributed by atoms with E-state index < -0.39 is 12.1 Å². The molecule has 2 rings (SSSR count). The van der Waals surface area contributed by atoms with E-state index in [1.54, 1.807) is 0 Å². The van der Waals surface area contributed by atoms with Gasteiger partial charge in [0.2, 0.25) is 0 Å². The molecule has 1 aliphatic heterocycles. The zero-order chi connectivity index (χ0) is 17.3. The van der Waals surface area contributed by atoms with Gasteiger partial charge in [0.05, 0.1) is 6.54 Å². The molecule has 0 aromatic carbocycles. The number of nitrogens with zero attached hydrogens (tertiary/aromatic N) is 2. The molecule has 1 aliphatic rings. The molecule has 6 nitrogen and oxygen atoms in total. The third-order valence-corrected chi connectivity index (χ3v) is 4.29. The van der Waals surface area contributed by atoms with Crippen LogP contribution in [0.1, 0.15) is 61.4 Å². The number of rotatable bonds is 6. The van der Waals surface area contributed by atoms with Gasteiger partial charge in [-0.15, -0.1) is 0 Å². The highest BCUT2D eigenvalue weighted by Gasteiger charge is 2.38. The van der Waals surface area contributed by atoms with Crippen molar-refractivity contribution in [3.05, 3.63) is 23.0 Å². The molecule has 1 N–H and O–H groups in total. The Balaban J connectivity index is 2.18. The van der Waals surface area contributed by atoms with E-state index in [4.69, 9.17) is 0 Å². The molecule has 0 radical (unpaired) electrons. The van der Waals surface area contributed by atoms with Crippen molar-refractivity contribution in [2.75, 3.05) is 6.54 Å². The molecule has 2 heterocycles. The molecule has 1 aromatic rings. The summed E-state index contributed by atoms with van der Waals surface area (Å²) in [6.45, 7) is 9.71. The minimum atomic E-state index is -0.497. The summed E-state index contributed by atoms with van der Waals surface area (Å²) < 4.78 is 2.08. The van der Waals surface area contributed by atoms with Crippen molar-refractivity contribution in [1.82, 2.24) is 14.8 Å². The maximum absolute atomic E-state index is 12.6. The van der Waals surface area contributed by atoms with Crippen LogP contribution in [0, 0.1) is 13.8 Å². The predicted octanol–water partition coefficient (Wildman–Crippen LogP) is 2.59. The van der Waals surface area contributed by atoms with E-state index in [1.807, 2.05) is 26.8 Å². The molecule has 1 aromatic heterocycles. The second kappa shape index (κ2) is 6.56. The van der Waals surface area contributed by atoms with Crippen molar-refractivity contribution in [1.29, 1.82) is 0 Å². The van der Waals surface area contributed by atoms with Gasteiger partial charge >= 0.3 is 6.03 Å². The first-order valence-electron chi connectivity index (χ1n) is 8.11.